The van der Waals surface area contributed by atoms with Gasteiger partial charge in [-0.2, -0.15) is 5.10 Å². The molecule has 1 saturated carbocycles. The van der Waals surface area contributed by atoms with Crippen molar-refractivity contribution in [2.24, 2.45) is 5.41 Å². The third-order valence-electron chi connectivity index (χ3n) is 4.50. The highest BCUT2D eigenvalue weighted by Gasteiger charge is 2.33. The van der Waals surface area contributed by atoms with E-state index in [-0.39, 0.29) is 5.54 Å². The Hall–Kier alpha value is -0.830. The first-order chi connectivity index (χ1) is 9.42. The molecular weight excluding hydrogens is 246 g/mol. The van der Waals surface area contributed by atoms with Gasteiger partial charge in [0.2, 0.25) is 0 Å². The zero-order valence-corrected chi connectivity index (χ0v) is 13.7. The molecule has 2 rings (SSSR count). The molecule has 1 aromatic rings. The molecule has 0 saturated heterocycles. The van der Waals surface area contributed by atoms with E-state index in [0.717, 1.165) is 13.1 Å². The number of rotatable bonds is 5. The summed E-state index contributed by atoms with van der Waals surface area (Å²) in [6.45, 7) is 11.0. The summed E-state index contributed by atoms with van der Waals surface area (Å²) in [5, 5.41) is 8.18. The molecule has 1 N–H and O–H groups in total. The van der Waals surface area contributed by atoms with Gasteiger partial charge >= 0.3 is 0 Å². The second kappa shape index (κ2) is 6.30. The van der Waals surface area contributed by atoms with E-state index in [1.54, 1.807) is 0 Å². The maximum absolute atomic E-state index is 4.44. The van der Waals surface area contributed by atoms with Crippen LogP contribution < -0.4 is 5.32 Å². The van der Waals surface area contributed by atoms with Crippen molar-refractivity contribution in [2.45, 2.75) is 78.3 Å². The minimum atomic E-state index is 0.206. The Bertz CT molecular complexity index is 408. The van der Waals surface area contributed by atoms with Crippen LogP contribution >= 0.6 is 0 Å². The molecule has 0 spiro atoms. The maximum Gasteiger partial charge on any atom is 0.0521 e. The van der Waals surface area contributed by atoms with E-state index in [9.17, 15) is 0 Å². The lowest BCUT2D eigenvalue weighted by Crippen LogP contribution is -2.45. The first-order valence-electron chi connectivity index (χ1n) is 8.19. The first kappa shape index (κ1) is 15.6. The molecule has 3 heteroatoms. The van der Waals surface area contributed by atoms with Crippen molar-refractivity contribution in [3.05, 3.63) is 18.0 Å². The zero-order valence-electron chi connectivity index (χ0n) is 13.7. The number of nitrogens with zero attached hydrogens (tertiary/aromatic N) is 2. The largest absolute Gasteiger partial charge is 0.312 e. The first-order valence-corrected chi connectivity index (χ1v) is 8.19. The summed E-state index contributed by atoms with van der Waals surface area (Å²) < 4.78 is 2.04. The van der Waals surface area contributed by atoms with Gasteiger partial charge in [0.1, 0.15) is 0 Å². The van der Waals surface area contributed by atoms with Crippen LogP contribution in [-0.2, 0) is 13.0 Å². The van der Waals surface area contributed by atoms with Crippen molar-refractivity contribution in [3.63, 3.8) is 0 Å². The van der Waals surface area contributed by atoms with Crippen LogP contribution in [0, 0.1) is 5.41 Å². The molecule has 1 aromatic heterocycles. The number of aryl methyl sites for hydroxylation is 1. The van der Waals surface area contributed by atoms with Crippen molar-refractivity contribution in [1.82, 2.24) is 15.1 Å². The van der Waals surface area contributed by atoms with Crippen LogP contribution in [0.5, 0.6) is 0 Å². The molecule has 3 nitrogen and oxygen atoms in total. The molecule has 0 radical (unpaired) electrons. The van der Waals surface area contributed by atoms with Gasteiger partial charge in [0.15, 0.2) is 0 Å². The van der Waals surface area contributed by atoms with Crippen molar-refractivity contribution in [2.75, 3.05) is 6.54 Å². The van der Waals surface area contributed by atoms with Gasteiger partial charge in [-0.05, 0) is 57.9 Å². The van der Waals surface area contributed by atoms with Crippen molar-refractivity contribution < 1.29 is 0 Å². The SMILES string of the molecule is CCn1cc(CC2(CNC(C)(C)C)CCCCC2)cn1. The van der Waals surface area contributed by atoms with Gasteiger partial charge in [0.05, 0.1) is 6.20 Å². The monoisotopic (exact) mass is 277 g/mol. The molecule has 114 valence electrons. The molecule has 0 bridgehead atoms. The molecular formula is C17H31N3. The third-order valence-corrected chi connectivity index (χ3v) is 4.50. The minimum Gasteiger partial charge on any atom is -0.312 e. The summed E-state index contributed by atoms with van der Waals surface area (Å²) in [6, 6.07) is 0. The van der Waals surface area contributed by atoms with Gasteiger partial charge < -0.3 is 5.32 Å². The lowest BCUT2D eigenvalue weighted by atomic mass is 9.70. The maximum atomic E-state index is 4.44. The highest BCUT2D eigenvalue weighted by atomic mass is 15.3. The molecule has 1 aliphatic rings. The molecule has 20 heavy (non-hydrogen) atoms. The fourth-order valence-corrected chi connectivity index (χ4v) is 3.27. The Morgan fingerprint density at radius 1 is 1.25 bits per heavy atom. The lowest BCUT2D eigenvalue weighted by molar-refractivity contribution is 0.165. The van der Waals surface area contributed by atoms with Gasteiger partial charge in [-0.3, -0.25) is 4.68 Å². The summed E-state index contributed by atoms with van der Waals surface area (Å²) in [6.07, 6.45) is 12.4. The van der Waals surface area contributed by atoms with Crippen LogP contribution in [0.4, 0.5) is 0 Å². The topological polar surface area (TPSA) is 29.9 Å². The van der Waals surface area contributed by atoms with E-state index in [2.05, 4.69) is 50.5 Å². The number of aromatic nitrogens is 2. The Labute approximate surface area is 124 Å². The Kier molecular flexibility index (Phi) is 4.90. The molecule has 0 aromatic carbocycles. The van der Waals surface area contributed by atoms with Crippen LogP contribution in [0.3, 0.4) is 0 Å². The van der Waals surface area contributed by atoms with Crippen LogP contribution in [0.2, 0.25) is 0 Å². The van der Waals surface area contributed by atoms with E-state index in [1.165, 1.54) is 44.1 Å². The van der Waals surface area contributed by atoms with Gasteiger partial charge in [-0.25, -0.2) is 0 Å². The van der Waals surface area contributed by atoms with E-state index in [1.807, 2.05) is 4.68 Å². The second-order valence-electron chi connectivity index (χ2n) is 7.55. The van der Waals surface area contributed by atoms with Crippen LogP contribution in [0.15, 0.2) is 12.4 Å². The molecule has 1 heterocycles. The molecule has 1 fully saturated rings. The van der Waals surface area contributed by atoms with Crippen molar-refractivity contribution >= 4 is 0 Å². The summed E-state index contributed by atoms with van der Waals surface area (Å²) in [4.78, 5) is 0. The highest BCUT2D eigenvalue weighted by molar-refractivity contribution is 5.09. The molecule has 0 unspecified atom stereocenters. The Morgan fingerprint density at radius 3 is 2.50 bits per heavy atom. The molecule has 0 amide bonds. The van der Waals surface area contributed by atoms with E-state index in [4.69, 9.17) is 0 Å². The van der Waals surface area contributed by atoms with E-state index < -0.39 is 0 Å². The fourth-order valence-electron chi connectivity index (χ4n) is 3.27. The molecule has 0 atom stereocenters. The van der Waals surface area contributed by atoms with E-state index >= 15 is 0 Å². The summed E-state index contributed by atoms with van der Waals surface area (Å²) >= 11 is 0. The van der Waals surface area contributed by atoms with Crippen LogP contribution in [0.1, 0.15) is 65.4 Å². The zero-order chi connectivity index (χ0) is 14.6. The average Bonchev–Trinajstić information content (AvgIpc) is 2.84. The lowest BCUT2D eigenvalue weighted by Gasteiger charge is -2.39. The quantitative estimate of drug-likeness (QED) is 0.887. The van der Waals surface area contributed by atoms with Crippen LogP contribution in [0.25, 0.3) is 0 Å². The van der Waals surface area contributed by atoms with E-state index in [0.29, 0.717) is 5.41 Å². The van der Waals surface area contributed by atoms with Crippen molar-refractivity contribution in [3.8, 4) is 0 Å². The second-order valence-corrected chi connectivity index (χ2v) is 7.55. The van der Waals surface area contributed by atoms with Gasteiger partial charge in [-0.15, -0.1) is 0 Å². The average molecular weight is 277 g/mol. The van der Waals surface area contributed by atoms with Crippen LogP contribution in [-0.4, -0.2) is 21.9 Å². The predicted octanol–water partition coefficient (Wildman–Crippen LogP) is 3.78. The number of hydrogen-bond acceptors (Lipinski definition) is 2. The summed E-state index contributed by atoms with van der Waals surface area (Å²) in [5.74, 6) is 0. The predicted molar refractivity (Wildman–Crippen MR) is 84.9 cm³/mol. The van der Waals surface area contributed by atoms with Gasteiger partial charge in [0.25, 0.3) is 0 Å². The Balaban J connectivity index is 2.05. The van der Waals surface area contributed by atoms with Gasteiger partial charge in [-0.1, -0.05) is 19.3 Å². The number of hydrogen-bond donors (Lipinski definition) is 1. The van der Waals surface area contributed by atoms with Gasteiger partial charge in [0, 0.05) is 24.8 Å². The third kappa shape index (κ3) is 4.34. The minimum absolute atomic E-state index is 0.206. The smallest absolute Gasteiger partial charge is 0.0521 e. The fraction of sp³-hybridized carbons (Fsp3) is 0.824. The highest BCUT2D eigenvalue weighted by Crippen LogP contribution is 2.39. The molecule has 0 aliphatic heterocycles. The van der Waals surface area contributed by atoms with Crippen molar-refractivity contribution in [1.29, 1.82) is 0 Å². The normalized spacial score (nSPS) is 19.2. The summed E-state index contributed by atoms with van der Waals surface area (Å²) in [7, 11) is 0. The standard InChI is InChI=1S/C17H31N3/c1-5-20-13-15(12-19-20)11-17(9-7-6-8-10-17)14-18-16(2,3)4/h12-13,18H,5-11,14H2,1-4H3. The number of nitrogens with one attached hydrogen (secondary N) is 1. The molecule has 1 aliphatic carbocycles. The Morgan fingerprint density at radius 2 is 1.95 bits per heavy atom. The summed E-state index contributed by atoms with van der Waals surface area (Å²) in [5.41, 5.74) is 2.05.